The second kappa shape index (κ2) is 8.34. The molecule has 2 saturated carbocycles. The minimum absolute atomic E-state index is 0.0248. The Balaban J connectivity index is 1.33. The molecule has 0 spiro atoms. The lowest BCUT2D eigenvalue weighted by Crippen LogP contribution is -2.27. The Morgan fingerprint density at radius 2 is 1.97 bits per heavy atom. The van der Waals surface area contributed by atoms with Gasteiger partial charge in [-0.1, -0.05) is 11.6 Å². The number of aryl methyl sites for hydroxylation is 1. The number of amides is 1. The first-order valence-electron chi connectivity index (χ1n) is 11.1. The van der Waals surface area contributed by atoms with Gasteiger partial charge in [-0.25, -0.2) is 9.37 Å². The van der Waals surface area contributed by atoms with Crippen molar-refractivity contribution in [1.29, 1.82) is 0 Å². The molecule has 186 valence electrons. The van der Waals surface area contributed by atoms with E-state index in [1.807, 2.05) is 0 Å². The monoisotopic (exact) mass is 511 g/mol. The largest absolute Gasteiger partial charge is 0.419 e. The van der Waals surface area contributed by atoms with Crippen LogP contribution in [0.5, 0.6) is 0 Å². The number of hydrogen-bond acceptors (Lipinski definition) is 4. The van der Waals surface area contributed by atoms with Crippen molar-refractivity contribution in [2.75, 3.05) is 5.32 Å². The molecule has 1 aromatic carbocycles. The molecule has 1 amide bonds. The van der Waals surface area contributed by atoms with E-state index in [4.69, 9.17) is 11.6 Å². The van der Waals surface area contributed by atoms with Crippen LogP contribution in [0, 0.1) is 17.7 Å². The highest BCUT2D eigenvalue weighted by molar-refractivity contribution is 6.31. The van der Waals surface area contributed by atoms with Crippen molar-refractivity contribution in [2.45, 2.75) is 43.4 Å². The minimum atomic E-state index is -4.61. The lowest BCUT2D eigenvalue weighted by atomic mass is 9.88. The highest BCUT2D eigenvalue weighted by atomic mass is 35.5. The quantitative estimate of drug-likeness (QED) is 0.430. The summed E-state index contributed by atoms with van der Waals surface area (Å²) in [7, 11) is 1.69. The normalized spacial score (nSPS) is 26.2. The maximum atomic E-state index is 13.4. The second-order valence-corrected chi connectivity index (χ2v) is 9.86. The third-order valence-electron chi connectivity index (χ3n) is 7.20. The van der Waals surface area contributed by atoms with Crippen LogP contribution in [0.2, 0.25) is 5.02 Å². The number of nitrogens with zero attached hydrogens (tertiary/aromatic N) is 3. The number of H-pyrrole nitrogens is 1. The molecule has 2 atom stereocenters. The number of benzene rings is 1. The van der Waals surface area contributed by atoms with E-state index in [-0.39, 0.29) is 41.3 Å². The fraction of sp³-hybridized carbons (Fsp3) is 0.435. The van der Waals surface area contributed by atoms with Crippen molar-refractivity contribution in [3.05, 3.63) is 64.2 Å². The fourth-order valence-corrected chi connectivity index (χ4v) is 5.91. The number of rotatable bonds is 4. The van der Waals surface area contributed by atoms with Crippen LogP contribution in [-0.4, -0.2) is 30.8 Å². The Kier molecular flexibility index (Phi) is 5.67. The third-order valence-corrected chi connectivity index (χ3v) is 7.49. The molecule has 2 heterocycles. The SMILES string of the molecule is Cn1cnc(C2CC3CC(O)(c4[nH]ncc4C(F)(F)F)CC3C2)c1C(=O)Nc1ccc(F)c(Cl)c1. The first kappa shape index (κ1) is 23.8. The van der Waals surface area contributed by atoms with Crippen molar-refractivity contribution in [2.24, 2.45) is 18.9 Å². The van der Waals surface area contributed by atoms with Crippen LogP contribution in [0.1, 0.15) is 59.0 Å². The highest BCUT2D eigenvalue weighted by Gasteiger charge is 2.53. The number of aliphatic hydroxyl groups is 1. The second-order valence-electron chi connectivity index (χ2n) is 9.46. The average molecular weight is 512 g/mol. The minimum Gasteiger partial charge on any atom is -0.384 e. The number of halogens is 5. The number of carbonyl (C=O) groups excluding carboxylic acids is 1. The van der Waals surface area contributed by atoms with Gasteiger partial charge in [0.05, 0.1) is 34.5 Å². The van der Waals surface area contributed by atoms with E-state index in [9.17, 15) is 27.5 Å². The topological polar surface area (TPSA) is 95.8 Å². The molecule has 0 bridgehead atoms. The van der Waals surface area contributed by atoms with Gasteiger partial charge in [0.25, 0.3) is 5.91 Å². The molecule has 2 aliphatic rings. The summed E-state index contributed by atoms with van der Waals surface area (Å²) in [5.74, 6) is -1.16. The number of alkyl halides is 3. The van der Waals surface area contributed by atoms with Crippen molar-refractivity contribution < 1.29 is 27.5 Å². The Bertz CT molecular complexity index is 1270. The van der Waals surface area contributed by atoms with Crippen LogP contribution < -0.4 is 5.32 Å². The lowest BCUT2D eigenvalue weighted by molar-refractivity contribution is -0.140. The van der Waals surface area contributed by atoms with Gasteiger partial charge >= 0.3 is 6.18 Å². The summed E-state index contributed by atoms with van der Waals surface area (Å²) in [5, 5.41) is 19.6. The number of fused-ring (bicyclic) bond motifs is 1. The van der Waals surface area contributed by atoms with Gasteiger partial charge in [-0.15, -0.1) is 0 Å². The standard InChI is InChI=1S/C23H22ClF4N5O2/c1-33-10-29-18(19(33)21(34)31-14-2-3-17(25)16(24)6-14)11-4-12-7-22(35,8-13(12)5-11)20-15(9-30-32-20)23(26,27)28/h2-3,6,9-13,35H,4-5,7-8H2,1H3,(H,30,32)(H,31,34). The molecule has 2 unspecified atom stereocenters. The van der Waals surface area contributed by atoms with Crippen LogP contribution in [0.3, 0.4) is 0 Å². The fourth-order valence-electron chi connectivity index (χ4n) is 5.73. The van der Waals surface area contributed by atoms with Crippen LogP contribution >= 0.6 is 11.6 Å². The van der Waals surface area contributed by atoms with Crippen LogP contribution in [0.4, 0.5) is 23.2 Å². The lowest BCUT2D eigenvalue weighted by Gasteiger charge is -2.25. The maximum absolute atomic E-state index is 13.4. The van der Waals surface area contributed by atoms with E-state index in [0.717, 1.165) is 6.07 Å². The van der Waals surface area contributed by atoms with E-state index in [1.54, 1.807) is 11.6 Å². The Morgan fingerprint density at radius 1 is 1.29 bits per heavy atom. The molecular formula is C23H22ClF4N5O2. The first-order chi connectivity index (χ1) is 16.5. The molecule has 2 aliphatic carbocycles. The van der Waals surface area contributed by atoms with Crippen molar-refractivity contribution in [3.8, 4) is 0 Å². The molecule has 2 fully saturated rings. The van der Waals surface area contributed by atoms with Crippen molar-refractivity contribution in [3.63, 3.8) is 0 Å². The zero-order chi connectivity index (χ0) is 25.1. The number of imidazole rings is 1. The maximum Gasteiger partial charge on any atom is 0.419 e. The summed E-state index contributed by atoms with van der Waals surface area (Å²) in [6, 6.07) is 3.88. The van der Waals surface area contributed by atoms with E-state index in [0.29, 0.717) is 36.1 Å². The van der Waals surface area contributed by atoms with Gasteiger partial charge < -0.3 is 15.0 Å². The van der Waals surface area contributed by atoms with Gasteiger partial charge in [0.1, 0.15) is 17.1 Å². The molecule has 3 N–H and O–H groups in total. The number of aromatic nitrogens is 4. The Labute approximate surface area is 202 Å². The number of hydrogen-bond donors (Lipinski definition) is 3. The van der Waals surface area contributed by atoms with Gasteiger partial charge in [0, 0.05) is 18.7 Å². The van der Waals surface area contributed by atoms with Crippen LogP contribution in [0.25, 0.3) is 0 Å². The van der Waals surface area contributed by atoms with Gasteiger partial charge in [-0.05, 0) is 55.7 Å². The molecule has 0 aliphatic heterocycles. The predicted molar refractivity (Wildman–Crippen MR) is 118 cm³/mol. The molecule has 7 nitrogen and oxygen atoms in total. The molecule has 0 radical (unpaired) electrons. The zero-order valence-electron chi connectivity index (χ0n) is 18.5. The van der Waals surface area contributed by atoms with E-state index < -0.39 is 29.1 Å². The third kappa shape index (κ3) is 4.20. The molecule has 5 rings (SSSR count). The summed E-state index contributed by atoms with van der Waals surface area (Å²) < 4.78 is 55.1. The summed E-state index contributed by atoms with van der Waals surface area (Å²) >= 11 is 5.80. The van der Waals surface area contributed by atoms with E-state index in [1.165, 1.54) is 18.5 Å². The molecular weight excluding hydrogens is 490 g/mol. The molecule has 2 aromatic heterocycles. The van der Waals surface area contributed by atoms with Gasteiger partial charge in [0.15, 0.2) is 0 Å². The molecule has 12 heteroatoms. The number of aromatic amines is 1. The average Bonchev–Trinajstić information content (AvgIpc) is 3.52. The Morgan fingerprint density at radius 3 is 2.60 bits per heavy atom. The zero-order valence-corrected chi connectivity index (χ0v) is 19.3. The summed E-state index contributed by atoms with van der Waals surface area (Å²) in [6.07, 6.45) is -0.860. The van der Waals surface area contributed by atoms with Gasteiger partial charge in [0.2, 0.25) is 0 Å². The molecule has 0 saturated heterocycles. The van der Waals surface area contributed by atoms with Crippen LogP contribution in [0.15, 0.2) is 30.7 Å². The number of anilines is 1. The Hall–Kier alpha value is -2.92. The van der Waals surface area contributed by atoms with Crippen LogP contribution in [-0.2, 0) is 18.8 Å². The summed E-state index contributed by atoms with van der Waals surface area (Å²) in [5.41, 5.74) is -1.59. The van der Waals surface area contributed by atoms with Gasteiger partial charge in [-0.3, -0.25) is 9.89 Å². The molecule has 3 aromatic rings. The van der Waals surface area contributed by atoms with Crippen molar-refractivity contribution >= 4 is 23.2 Å². The molecule has 35 heavy (non-hydrogen) atoms. The summed E-state index contributed by atoms with van der Waals surface area (Å²) in [6.45, 7) is 0. The van der Waals surface area contributed by atoms with E-state index in [2.05, 4.69) is 20.5 Å². The highest BCUT2D eigenvalue weighted by Crippen LogP contribution is 2.57. The van der Waals surface area contributed by atoms with Crippen molar-refractivity contribution in [1.82, 2.24) is 19.7 Å². The number of carbonyl (C=O) groups is 1. The van der Waals surface area contributed by atoms with Gasteiger partial charge in [-0.2, -0.15) is 18.3 Å². The first-order valence-corrected chi connectivity index (χ1v) is 11.4. The van der Waals surface area contributed by atoms with E-state index >= 15 is 0 Å². The smallest absolute Gasteiger partial charge is 0.384 e. The predicted octanol–water partition coefficient (Wildman–Crippen LogP) is 5.00. The number of nitrogens with one attached hydrogen (secondary N) is 2. The summed E-state index contributed by atoms with van der Waals surface area (Å²) in [4.78, 5) is 17.5.